The standard InChI is InChI=1S/C24H18N4OS3/c29-20(12-30-23-21-16-7-4-10-18(16)31-24(21)26-13-25-23)27-15-6-3-5-14(11-15)22-28-17-8-1-2-9-19(17)32-22/h1-3,5-6,8-9,11,13H,4,7,10,12H2,(H,27,29). The number of nitrogens with one attached hydrogen (secondary N) is 1. The van der Waals surface area contributed by atoms with Gasteiger partial charge < -0.3 is 5.32 Å². The minimum absolute atomic E-state index is 0.0462. The lowest BCUT2D eigenvalue weighted by Crippen LogP contribution is -2.14. The highest BCUT2D eigenvalue weighted by atomic mass is 32.2. The van der Waals surface area contributed by atoms with Crippen molar-refractivity contribution in [1.82, 2.24) is 15.0 Å². The third-order valence-corrected chi connectivity index (χ3v) is 8.77. The van der Waals surface area contributed by atoms with Crippen molar-refractivity contribution >= 4 is 66.5 Å². The summed E-state index contributed by atoms with van der Waals surface area (Å²) in [7, 11) is 0. The third kappa shape index (κ3) is 3.68. The molecule has 2 aromatic carbocycles. The Labute approximate surface area is 197 Å². The van der Waals surface area contributed by atoms with Crippen molar-refractivity contribution in [3.8, 4) is 10.6 Å². The number of thiazole rings is 1. The molecule has 0 saturated heterocycles. The highest BCUT2D eigenvalue weighted by Gasteiger charge is 2.21. The largest absolute Gasteiger partial charge is 0.325 e. The number of rotatable bonds is 5. The molecular weight excluding hydrogens is 456 g/mol. The van der Waals surface area contributed by atoms with Crippen molar-refractivity contribution in [2.75, 3.05) is 11.1 Å². The van der Waals surface area contributed by atoms with E-state index < -0.39 is 0 Å². The SMILES string of the molecule is O=C(CSc1ncnc2sc3c(c12)CCC3)Nc1cccc(-c2nc3ccccc3s2)c1. The summed E-state index contributed by atoms with van der Waals surface area (Å²) in [5, 5.41) is 6.04. The lowest BCUT2D eigenvalue weighted by molar-refractivity contribution is -0.113. The molecular formula is C24H18N4OS3. The molecule has 1 aliphatic rings. The van der Waals surface area contributed by atoms with E-state index >= 15 is 0 Å². The van der Waals surface area contributed by atoms with Gasteiger partial charge in [-0.3, -0.25) is 4.79 Å². The average molecular weight is 475 g/mol. The Balaban J connectivity index is 1.18. The monoisotopic (exact) mass is 474 g/mol. The van der Waals surface area contributed by atoms with Gasteiger partial charge in [0.05, 0.1) is 16.0 Å². The van der Waals surface area contributed by atoms with Crippen molar-refractivity contribution in [3.63, 3.8) is 0 Å². The zero-order chi connectivity index (χ0) is 21.5. The predicted octanol–water partition coefficient (Wildman–Crippen LogP) is 6.19. The summed E-state index contributed by atoms with van der Waals surface area (Å²) in [5.41, 5.74) is 4.16. The van der Waals surface area contributed by atoms with E-state index in [4.69, 9.17) is 4.98 Å². The maximum atomic E-state index is 12.7. The Morgan fingerprint density at radius 1 is 1.06 bits per heavy atom. The topological polar surface area (TPSA) is 67.8 Å². The average Bonchev–Trinajstić information content (AvgIpc) is 3.52. The molecule has 0 aliphatic heterocycles. The van der Waals surface area contributed by atoms with E-state index in [1.165, 1.54) is 28.6 Å². The maximum absolute atomic E-state index is 12.7. The number of amides is 1. The molecule has 1 N–H and O–H groups in total. The molecule has 1 aliphatic carbocycles. The number of anilines is 1. The van der Waals surface area contributed by atoms with E-state index in [-0.39, 0.29) is 5.91 Å². The summed E-state index contributed by atoms with van der Waals surface area (Å²) in [6.07, 6.45) is 5.02. The van der Waals surface area contributed by atoms with Crippen LogP contribution in [0.5, 0.6) is 0 Å². The number of hydrogen-bond acceptors (Lipinski definition) is 7. The fourth-order valence-electron chi connectivity index (χ4n) is 4.07. The normalized spacial score (nSPS) is 13.0. The van der Waals surface area contributed by atoms with Crippen LogP contribution in [-0.4, -0.2) is 26.6 Å². The van der Waals surface area contributed by atoms with E-state index in [1.54, 1.807) is 29.0 Å². The fourth-order valence-corrected chi connectivity index (χ4v) is 7.15. The lowest BCUT2D eigenvalue weighted by Gasteiger charge is -2.07. The summed E-state index contributed by atoms with van der Waals surface area (Å²) in [6, 6.07) is 16.0. The Hall–Kier alpha value is -2.81. The quantitative estimate of drug-likeness (QED) is 0.243. The number of benzene rings is 2. The van der Waals surface area contributed by atoms with Gasteiger partial charge in [-0.25, -0.2) is 15.0 Å². The molecule has 1 amide bonds. The van der Waals surface area contributed by atoms with Crippen LogP contribution in [0.3, 0.4) is 0 Å². The first-order valence-electron chi connectivity index (χ1n) is 10.4. The minimum Gasteiger partial charge on any atom is -0.325 e. The number of carbonyl (C=O) groups excluding carboxylic acids is 1. The van der Waals surface area contributed by atoms with Crippen LogP contribution < -0.4 is 5.32 Å². The molecule has 0 fully saturated rings. The molecule has 6 rings (SSSR count). The van der Waals surface area contributed by atoms with Gasteiger partial charge >= 0.3 is 0 Å². The van der Waals surface area contributed by atoms with E-state index in [1.807, 2.05) is 42.5 Å². The Morgan fingerprint density at radius 3 is 2.94 bits per heavy atom. The molecule has 32 heavy (non-hydrogen) atoms. The zero-order valence-electron chi connectivity index (χ0n) is 17.0. The van der Waals surface area contributed by atoms with Gasteiger partial charge in [-0.1, -0.05) is 36.0 Å². The molecule has 8 heteroatoms. The van der Waals surface area contributed by atoms with Crippen LogP contribution in [0.1, 0.15) is 16.9 Å². The summed E-state index contributed by atoms with van der Waals surface area (Å²) in [6.45, 7) is 0. The van der Waals surface area contributed by atoms with Crippen LogP contribution >= 0.6 is 34.4 Å². The first-order chi connectivity index (χ1) is 15.7. The van der Waals surface area contributed by atoms with Crippen molar-refractivity contribution < 1.29 is 4.79 Å². The second-order valence-corrected chi connectivity index (χ2v) is 10.7. The first-order valence-corrected chi connectivity index (χ1v) is 13.0. The summed E-state index contributed by atoms with van der Waals surface area (Å²) in [5.74, 6) is 0.261. The highest BCUT2D eigenvalue weighted by molar-refractivity contribution is 8.00. The third-order valence-electron chi connectivity index (χ3n) is 5.49. The van der Waals surface area contributed by atoms with E-state index in [0.717, 1.165) is 54.6 Å². The maximum Gasteiger partial charge on any atom is 0.234 e. The van der Waals surface area contributed by atoms with Crippen LogP contribution in [0.15, 0.2) is 59.9 Å². The molecule has 158 valence electrons. The Kier molecular flexibility index (Phi) is 5.13. The zero-order valence-corrected chi connectivity index (χ0v) is 19.4. The minimum atomic E-state index is -0.0462. The molecule has 3 heterocycles. The number of nitrogens with zero attached hydrogens (tertiary/aromatic N) is 3. The van der Waals surface area contributed by atoms with Gasteiger partial charge in [-0.2, -0.15) is 0 Å². The van der Waals surface area contributed by atoms with Crippen LogP contribution in [-0.2, 0) is 17.6 Å². The lowest BCUT2D eigenvalue weighted by atomic mass is 10.2. The molecule has 5 aromatic rings. The number of thioether (sulfide) groups is 1. The molecule has 0 bridgehead atoms. The molecule has 0 unspecified atom stereocenters. The smallest absolute Gasteiger partial charge is 0.234 e. The van der Waals surface area contributed by atoms with Crippen molar-refractivity contribution in [3.05, 3.63) is 65.3 Å². The van der Waals surface area contributed by atoms with Gasteiger partial charge in [-0.05, 0) is 49.1 Å². The van der Waals surface area contributed by atoms with Gasteiger partial charge in [0, 0.05) is 21.5 Å². The molecule has 3 aromatic heterocycles. The molecule has 0 radical (unpaired) electrons. The number of carbonyl (C=O) groups is 1. The summed E-state index contributed by atoms with van der Waals surface area (Å²) in [4.78, 5) is 28.8. The number of aryl methyl sites for hydroxylation is 2. The molecule has 0 atom stereocenters. The fraction of sp³-hybridized carbons (Fsp3) is 0.167. The highest BCUT2D eigenvalue weighted by Crippen LogP contribution is 2.40. The Morgan fingerprint density at radius 2 is 2.00 bits per heavy atom. The van der Waals surface area contributed by atoms with E-state index in [2.05, 4.69) is 21.4 Å². The summed E-state index contributed by atoms with van der Waals surface area (Å²) < 4.78 is 1.16. The van der Waals surface area contributed by atoms with E-state index in [9.17, 15) is 4.79 Å². The number of aromatic nitrogens is 3. The first kappa shape index (κ1) is 19.8. The van der Waals surface area contributed by atoms with Gasteiger partial charge in [0.25, 0.3) is 0 Å². The number of thiophene rings is 1. The molecule has 5 nitrogen and oxygen atoms in total. The van der Waals surface area contributed by atoms with Gasteiger partial charge in [-0.15, -0.1) is 22.7 Å². The van der Waals surface area contributed by atoms with Gasteiger partial charge in [0.2, 0.25) is 5.91 Å². The van der Waals surface area contributed by atoms with Crippen molar-refractivity contribution in [1.29, 1.82) is 0 Å². The van der Waals surface area contributed by atoms with Crippen molar-refractivity contribution in [2.45, 2.75) is 24.3 Å². The number of para-hydroxylation sites is 1. The van der Waals surface area contributed by atoms with Crippen LogP contribution in [0.4, 0.5) is 5.69 Å². The second kappa shape index (κ2) is 8.27. The van der Waals surface area contributed by atoms with Crippen LogP contribution in [0, 0.1) is 0 Å². The number of fused-ring (bicyclic) bond motifs is 4. The van der Waals surface area contributed by atoms with Crippen molar-refractivity contribution in [2.24, 2.45) is 0 Å². The number of hydrogen-bond donors (Lipinski definition) is 1. The van der Waals surface area contributed by atoms with Crippen LogP contribution in [0.25, 0.3) is 31.0 Å². The van der Waals surface area contributed by atoms with E-state index in [0.29, 0.717) is 5.75 Å². The Bertz CT molecular complexity index is 1440. The summed E-state index contributed by atoms with van der Waals surface area (Å²) >= 11 is 4.91. The predicted molar refractivity (Wildman–Crippen MR) is 134 cm³/mol. The van der Waals surface area contributed by atoms with Gasteiger partial charge in [0.15, 0.2) is 0 Å². The second-order valence-electron chi connectivity index (χ2n) is 7.62. The van der Waals surface area contributed by atoms with Crippen LogP contribution in [0.2, 0.25) is 0 Å². The molecule has 0 spiro atoms. The van der Waals surface area contributed by atoms with Gasteiger partial charge in [0.1, 0.15) is 21.2 Å². The molecule has 0 saturated carbocycles.